The number of carboxylic acid groups (broad SMARTS) is 1. The molecule has 0 saturated carbocycles. The smallest absolute Gasteiger partial charge is 0.475 e. The third-order valence-corrected chi connectivity index (χ3v) is 2.39. The highest BCUT2D eigenvalue weighted by molar-refractivity contribution is 5.91. The molecule has 0 aliphatic carbocycles. The third-order valence-electron chi connectivity index (χ3n) is 2.39. The molecule has 23 heavy (non-hydrogen) atoms. The van der Waals surface area contributed by atoms with Crippen molar-refractivity contribution in [2.75, 3.05) is 6.61 Å². The zero-order valence-electron chi connectivity index (χ0n) is 13.3. The lowest BCUT2D eigenvalue weighted by atomic mass is 9.91. The van der Waals surface area contributed by atoms with Gasteiger partial charge in [-0.3, -0.25) is 9.59 Å². The molecule has 0 spiro atoms. The van der Waals surface area contributed by atoms with E-state index >= 15 is 0 Å². The summed E-state index contributed by atoms with van der Waals surface area (Å²) < 4.78 is 36.4. The van der Waals surface area contributed by atoms with Gasteiger partial charge in [0.2, 0.25) is 0 Å². The number of alkyl halides is 3. The van der Waals surface area contributed by atoms with E-state index in [0.29, 0.717) is 6.42 Å². The quantitative estimate of drug-likeness (QED) is 0.610. The average Bonchev–Trinajstić information content (AvgIpc) is 2.34. The number of carboxylic acids is 1. The number of carbonyl (C=O) groups excluding carboxylic acids is 2. The van der Waals surface area contributed by atoms with E-state index in [1.807, 2.05) is 13.8 Å². The molecule has 0 aliphatic heterocycles. The molecule has 0 aromatic heterocycles. The number of halogens is 3. The Morgan fingerprint density at radius 2 is 1.61 bits per heavy atom. The molecule has 0 saturated heterocycles. The molecule has 7 nitrogen and oxygen atoms in total. The number of carbonyl (C=O) groups is 3. The van der Waals surface area contributed by atoms with Gasteiger partial charge in [0.15, 0.2) is 11.4 Å². The van der Waals surface area contributed by atoms with Crippen molar-refractivity contribution in [1.82, 2.24) is 0 Å². The van der Waals surface area contributed by atoms with Crippen molar-refractivity contribution in [2.45, 2.75) is 51.9 Å². The summed E-state index contributed by atoms with van der Waals surface area (Å²) >= 11 is 0. The van der Waals surface area contributed by atoms with Gasteiger partial charge in [-0.25, -0.2) is 4.79 Å². The summed E-state index contributed by atoms with van der Waals surface area (Å²) in [4.78, 5) is 31.2. The lowest BCUT2D eigenvalue weighted by Gasteiger charge is -2.25. The Morgan fingerprint density at radius 3 is 1.87 bits per heavy atom. The summed E-state index contributed by atoms with van der Waals surface area (Å²) in [6, 6.07) is -0.731. The fourth-order valence-electron chi connectivity index (χ4n) is 1.33. The van der Waals surface area contributed by atoms with Crippen LogP contribution < -0.4 is 5.73 Å². The van der Waals surface area contributed by atoms with Crippen molar-refractivity contribution in [3.05, 3.63) is 0 Å². The Kier molecular flexibility index (Phi) is 9.70. The molecule has 1 unspecified atom stereocenters. The number of ketones is 1. The molecule has 0 bridgehead atoms. The Bertz CT molecular complexity index is 420. The van der Waals surface area contributed by atoms with Crippen LogP contribution in [0.5, 0.6) is 0 Å². The van der Waals surface area contributed by atoms with E-state index in [9.17, 15) is 27.9 Å². The van der Waals surface area contributed by atoms with Crippen molar-refractivity contribution < 1.29 is 42.5 Å². The van der Waals surface area contributed by atoms with Gasteiger partial charge in [0.25, 0.3) is 0 Å². The highest BCUT2D eigenvalue weighted by Crippen LogP contribution is 2.13. The van der Waals surface area contributed by atoms with E-state index in [2.05, 4.69) is 4.74 Å². The Hall–Kier alpha value is -1.68. The van der Waals surface area contributed by atoms with E-state index in [1.54, 1.807) is 0 Å². The number of esters is 1. The second-order valence-corrected chi connectivity index (χ2v) is 5.46. The van der Waals surface area contributed by atoms with Gasteiger partial charge in [0.1, 0.15) is 6.61 Å². The van der Waals surface area contributed by atoms with Gasteiger partial charge in [-0.05, 0) is 19.3 Å². The second-order valence-electron chi connectivity index (χ2n) is 5.46. The van der Waals surface area contributed by atoms with Crippen molar-refractivity contribution in [2.24, 2.45) is 11.7 Å². The van der Waals surface area contributed by atoms with Gasteiger partial charge in [-0.15, -0.1) is 0 Å². The van der Waals surface area contributed by atoms with E-state index in [0.717, 1.165) is 0 Å². The van der Waals surface area contributed by atoms with Gasteiger partial charge in [-0.2, -0.15) is 13.2 Å². The fourth-order valence-corrected chi connectivity index (χ4v) is 1.33. The van der Waals surface area contributed by atoms with Crippen LogP contribution in [-0.4, -0.2) is 52.4 Å². The molecular formula is C13H22F3NO6. The fraction of sp³-hybridized carbons (Fsp3) is 0.769. The minimum Gasteiger partial charge on any atom is -0.475 e. The Balaban J connectivity index is 0. The molecule has 10 heteroatoms. The molecule has 0 fully saturated rings. The van der Waals surface area contributed by atoms with E-state index in [4.69, 9.17) is 15.6 Å². The first-order valence-electron chi connectivity index (χ1n) is 6.57. The van der Waals surface area contributed by atoms with Gasteiger partial charge in [0.05, 0.1) is 6.04 Å². The number of hydrogen-bond acceptors (Lipinski definition) is 6. The average molecular weight is 345 g/mol. The molecule has 0 aromatic carbocycles. The number of hydrogen-bond donors (Lipinski definition) is 3. The van der Waals surface area contributed by atoms with Gasteiger partial charge in [-0.1, -0.05) is 13.8 Å². The molecule has 0 heterocycles. The highest BCUT2D eigenvalue weighted by atomic mass is 19.4. The maximum Gasteiger partial charge on any atom is 0.490 e. The number of Topliss-reactive ketones (excluding diaryl/α,β-unsaturated/α-hetero) is 1. The monoisotopic (exact) mass is 345 g/mol. The van der Waals surface area contributed by atoms with Crippen LogP contribution in [0.15, 0.2) is 0 Å². The number of rotatable bonds is 6. The van der Waals surface area contributed by atoms with Crippen LogP contribution in [0, 0.1) is 5.92 Å². The maximum absolute atomic E-state index is 11.7. The molecule has 136 valence electrons. The number of nitrogens with two attached hydrogens (primary N) is 1. The first-order valence-corrected chi connectivity index (χ1v) is 6.57. The zero-order chi connectivity index (χ0) is 19.0. The normalized spacial score (nSPS) is 15.0. The van der Waals surface area contributed by atoms with E-state index in [1.165, 1.54) is 13.8 Å². The Morgan fingerprint density at radius 1 is 1.22 bits per heavy atom. The number of aliphatic carboxylic acids is 1. The van der Waals surface area contributed by atoms with Crippen molar-refractivity contribution >= 4 is 17.7 Å². The SMILES string of the molecule is CC(=O)OCC(C)(O)C(=O)[C@@H](N)CC(C)C.O=C(O)C(F)(F)F. The van der Waals surface area contributed by atoms with Crippen molar-refractivity contribution in [3.63, 3.8) is 0 Å². The van der Waals surface area contributed by atoms with Crippen LogP contribution in [0.4, 0.5) is 13.2 Å². The number of aliphatic hydroxyl groups is 1. The predicted octanol–water partition coefficient (Wildman–Crippen LogP) is 0.876. The Labute approximate surface area is 131 Å². The van der Waals surface area contributed by atoms with Crippen LogP contribution >= 0.6 is 0 Å². The molecule has 0 aliphatic rings. The van der Waals surface area contributed by atoms with Crippen LogP contribution in [-0.2, 0) is 19.1 Å². The molecule has 2 atom stereocenters. The van der Waals surface area contributed by atoms with Crippen LogP contribution in [0.3, 0.4) is 0 Å². The van der Waals surface area contributed by atoms with Crippen LogP contribution in [0.25, 0.3) is 0 Å². The second kappa shape index (κ2) is 9.46. The maximum atomic E-state index is 11.7. The minimum absolute atomic E-state index is 0.267. The summed E-state index contributed by atoms with van der Waals surface area (Å²) in [6.07, 6.45) is -4.59. The summed E-state index contributed by atoms with van der Waals surface area (Å²) in [5.74, 6) is -3.52. The lowest BCUT2D eigenvalue weighted by Crippen LogP contribution is -2.50. The van der Waals surface area contributed by atoms with E-state index in [-0.39, 0.29) is 12.5 Å². The van der Waals surface area contributed by atoms with Crippen molar-refractivity contribution in [3.8, 4) is 0 Å². The highest BCUT2D eigenvalue weighted by Gasteiger charge is 2.38. The molecular weight excluding hydrogens is 323 g/mol. The van der Waals surface area contributed by atoms with Gasteiger partial charge >= 0.3 is 18.1 Å². The largest absolute Gasteiger partial charge is 0.490 e. The molecule has 0 radical (unpaired) electrons. The van der Waals surface area contributed by atoms with Crippen molar-refractivity contribution in [1.29, 1.82) is 0 Å². The predicted molar refractivity (Wildman–Crippen MR) is 73.4 cm³/mol. The summed E-state index contributed by atoms with van der Waals surface area (Å²) in [6.45, 7) is 6.04. The summed E-state index contributed by atoms with van der Waals surface area (Å²) in [5, 5.41) is 16.9. The number of ether oxygens (including phenoxy) is 1. The summed E-state index contributed by atoms with van der Waals surface area (Å²) in [7, 11) is 0. The van der Waals surface area contributed by atoms with Gasteiger partial charge < -0.3 is 20.7 Å². The van der Waals surface area contributed by atoms with E-state index < -0.39 is 35.5 Å². The molecule has 0 aromatic rings. The molecule has 0 rings (SSSR count). The topological polar surface area (TPSA) is 127 Å². The standard InChI is InChI=1S/C11H21NO4.C2HF3O2/c1-7(2)5-9(12)10(14)11(4,15)6-16-8(3)13;3-2(4,5)1(6)7/h7,9,15H,5-6,12H2,1-4H3;(H,6,7)/t9-,11?;/m0./s1. The summed E-state index contributed by atoms with van der Waals surface area (Å²) in [5.41, 5.74) is 3.95. The minimum atomic E-state index is -5.08. The first kappa shape index (κ1) is 23.6. The van der Waals surface area contributed by atoms with Gasteiger partial charge in [0, 0.05) is 6.92 Å². The van der Waals surface area contributed by atoms with Crippen LogP contribution in [0.1, 0.15) is 34.1 Å². The molecule has 0 amide bonds. The molecule has 4 N–H and O–H groups in total. The lowest BCUT2D eigenvalue weighted by molar-refractivity contribution is -0.192. The third kappa shape index (κ3) is 11.5. The first-order chi connectivity index (χ1) is 10.1. The zero-order valence-corrected chi connectivity index (χ0v) is 13.3. The van der Waals surface area contributed by atoms with Crippen LogP contribution in [0.2, 0.25) is 0 Å².